The van der Waals surface area contributed by atoms with E-state index < -0.39 is 0 Å². The Morgan fingerprint density at radius 1 is 1.22 bits per heavy atom. The van der Waals surface area contributed by atoms with Gasteiger partial charge in [0.05, 0.1) is 12.7 Å². The zero-order valence-electron chi connectivity index (χ0n) is 12.1. The number of hydrogen-bond acceptors (Lipinski definition) is 3. The number of unbranched alkanes of at least 4 members (excludes halogenated alkanes) is 4. The average Bonchev–Trinajstić information content (AvgIpc) is 2.37. The van der Waals surface area contributed by atoms with Crippen LogP contribution in [0.3, 0.4) is 0 Å². The highest BCUT2D eigenvalue weighted by atomic mass is 16.5. The van der Waals surface area contributed by atoms with Crippen LogP contribution in [0.1, 0.15) is 65.7 Å². The normalized spacial score (nSPS) is 13.4. The Bertz CT molecular complexity index is 246. The van der Waals surface area contributed by atoms with Crippen LogP contribution in [-0.4, -0.2) is 23.8 Å². The van der Waals surface area contributed by atoms with Crippen molar-refractivity contribution in [1.29, 1.82) is 0 Å². The third-order valence-corrected chi connectivity index (χ3v) is 3.08. The molecule has 0 aliphatic heterocycles. The Balaban J connectivity index is 3.47. The maximum absolute atomic E-state index is 11.3. The SMILES string of the molecule is CC=C(C)C(=O)OCCC(O)CCCCCCC. The molecule has 0 aliphatic carbocycles. The summed E-state index contributed by atoms with van der Waals surface area (Å²) in [6, 6.07) is 0. The number of esters is 1. The standard InChI is InChI=1S/C15H28O3/c1-4-6-7-8-9-10-14(16)11-12-18-15(17)13(3)5-2/h5,14,16H,4,6-12H2,1-3H3. The summed E-state index contributed by atoms with van der Waals surface area (Å²) in [5.74, 6) is -0.285. The molecular weight excluding hydrogens is 228 g/mol. The van der Waals surface area contributed by atoms with E-state index in [9.17, 15) is 9.90 Å². The second-order valence-corrected chi connectivity index (χ2v) is 4.75. The molecule has 0 rings (SSSR count). The smallest absolute Gasteiger partial charge is 0.333 e. The third-order valence-electron chi connectivity index (χ3n) is 3.08. The monoisotopic (exact) mass is 256 g/mol. The molecule has 1 atom stereocenters. The van der Waals surface area contributed by atoms with Gasteiger partial charge in [-0.25, -0.2) is 4.79 Å². The van der Waals surface area contributed by atoms with Gasteiger partial charge >= 0.3 is 5.97 Å². The molecule has 0 fully saturated rings. The zero-order chi connectivity index (χ0) is 13.8. The summed E-state index contributed by atoms with van der Waals surface area (Å²) >= 11 is 0. The first-order valence-electron chi connectivity index (χ1n) is 7.09. The highest BCUT2D eigenvalue weighted by Gasteiger charge is 2.07. The number of aliphatic hydroxyl groups excluding tert-OH is 1. The van der Waals surface area contributed by atoms with Gasteiger partial charge in [-0.05, 0) is 20.3 Å². The number of rotatable bonds is 10. The van der Waals surface area contributed by atoms with Crippen LogP contribution in [0.25, 0.3) is 0 Å². The molecule has 0 aromatic carbocycles. The van der Waals surface area contributed by atoms with Crippen LogP contribution in [0.5, 0.6) is 0 Å². The van der Waals surface area contributed by atoms with E-state index in [0.717, 1.165) is 12.8 Å². The maximum atomic E-state index is 11.3. The predicted octanol–water partition coefficient (Wildman–Crippen LogP) is 3.61. The lowest BCUT2D eigenvalue weighted by Crippen LogP contribution is -2.14. The van der Waals surface area contributed by atoms with Gasteiger partial charge in [0.1, 0.15) is 0 Å². The fraction of sp³-hybridized carbons (Fsp3) is 0.800. The number of ether oxygens (including phenoxy) is 1. The fourth-order valence-electron chi connectivity index (χ4n) is 1.65. The molecule has 1 N–H and O–H groups in total. The van der Waals surface area contributed by atoms with Gasteiger partial charge in [-0.2, -0.15) is 0 Å². The van der Waals surface area contributed by atoms with Crippen molar-refractivity contribution in [1.82, 2.24) is 0 Å². The molecule has 0 spiro atoms. The Morgan fingerprint density at radius 2 is 1.89 bits per heavy atom. The highest BCUT2D eigenvalue weighted by molar-refractivity contribution is 5.87. The van der Waals surface area contributed by atoms with Crippen molar-refractivity contribution in [2.75, 3.05) is 6.61 Å². The molecule has 1 unspecified atom stereocenters. The van der Waals surface area contributed by atoms with Crippen LogP contribution >= 0.6 is 0 Å². The van der Waals surface area contributed by atoms with Crippen LogP contribution in [0, 0.1) is 0 Å². The molecule has 0 saturated carbocycles. The van der Waals surface area contributed by atoms with Gasteiger partial charge in [-0.3, -0.25) is 0 Å². The van der Waals surface area contributed by atoms with E-state index in [-0.39, 0.29) is 12.1 Å². The van der Waals surface area contributed by atoms with Crippen molar-refractivity contribution >= 4 is 5.97 Å². The van der Waals surface area contributed by atoms with Crippen molar-refractivity contribution < 1.29 is 14.6 Å². The van der Waals surface area contributed by atoms with Crippen molar-refractivity contribution in [3.8, 4) is 0 Å². The number of allylic oxidation sites excluding steroid dienone is 1. The molecular formula is C15H28O3. The minimum atomic E-state index is -0.342. The summed E-state index contributed by atoms with van der Waals surface area (Å²) in [7, 11) is 0. The van der Waals surface area contributed by atoms with Gasteiger partial charge in [-0.1, -0.05) is 45.1 Å². The molecule has 0 aromatic heterocycles. The second-order valence-electron chi connectivity index (χ2n) is 4.75. The van der Waals surface area contributed by atoms with Crippen LogP contribution < -0.4 is 0 Å². The van der Waals surface area contributed by atoms with Crippen LogP contribution in [0.2, 0.25) is 0 Å². The molecule has 18 heavy (non-hydrogen) atoms. The molecule has 0 amide bonds. The van der Waals surface area contributed by atoms with Gasteiger partial charge < -0.3 is 9.84 Å². The third kappa shape index (κ3) is 9.23. The first-order valence-corrected chi connectivity index (χ1v) is 7.09. The molecule has 0 aliphatic rings. The van der Waals surface area contributed by atoms with E-state index in [1.54, 1.807) is 13.0 Å². The Hall–Kier alpha value is -0.830. The molecule has 3 nitrogen and oxygen atoms in total. The summed E-state index contributed by atoms with van der Waals surface area (Å²) in [6.07, 6.45) is 8.74. The van der Waals surface area contributed by atoms with Crippen LogP contribution in [0.4, 0.5) is 0 Å². The quantitative estimate of drug-likeness (QED) is 0.369. The van der Waals surface area contributed by atoms with E-state index in [0.29, 0.717) is 18.6 Å². The minimum Gasteiger partial charge on any atom is -0.462 e. The van der Waals surface area contributed by atoms with E-state index in [4.69, 9.17) is 4.74 Å². The number of aliphatic hydroxyl groups is 1. The predicted molar refractivity (Wildman–Crippen MR) is 74.4 cm³/mol. The maximum Gasteiger partial charge on any atom is 0.333 e. The summed E-state index contributed by atoms with van der Waals surface area (Å²) in [4.78, 5) is 11.3. The lowest BCUT2D eigenvalue weighted by Gasteiger charge is -2.10. The van der Waals surface area contributed by atoms with E-state index in [2.05, 4.69) is 6.92 Å². The summed E-state index contributed by atoms with van der Waals surface area (Å²) in [5.41, 5.74) is 0.615. The fourth-order valence-corrected chi connectivity index (χ4v) is 1.65. The van der Waals surface area contributed by atoms with Crippen molar-refractivity contribution in [2.45, 2.75) is 71.8 Å². The van der Waals surface area contributed by atoms with Gasteiger partial charge in [0.25, 0.3) is 0 Å². The second kappa shape index (κ2) is 11.3. The summed E-state index contributed by atoms with van der Waals surface area (Å²) < 4.78 is 5.04. The van der Waals surface area contributed by atoms with E-state index in [1.807, 2.05) is 6.92 Å². The Kier molecular flexibility index (Phi) is 10.8. The number of carbonyl (C=O) groups is 1. The first kappa shape index (κ1) is 17.2. The highest BCUT2D eigenvalue weighted by Crippen LogP contribution is 2.09. The molecule has 0 radical (unpaired) electrons. The van der Waals surface area contributed by atoms with Gasteiger partial charge in [0.2, 0.25) is 0 Å². The largest absolute Gasteiger partial charge is 0.462 e. The molecule has 0 bridgehead atoms. The van der Waals surface area contributed by atoms with Gasteiger partial charge in [0.15, 0.2) is 0 Å². The Morgan fingerprint density at radius 3 is 2.50 bits per heavy atom. The van der Waals surface area contributed by atoms with Crippen molar-refractivity contribution in [3.05, 3.63) is 11.6 Å². The molecule has 3 heteroatoms. The molecule has 0 aromatic rings. The topological polar surface area (TPSA) is 46.5 Å². The van der Waals surface area contributed by atoms with Crippen molar-refractivity contribution in [2.24, 2.45) is 0 Å². The lowest BCUT2D eigenvalue weighted by atomic mass is 10.1. The number of carbonyl (C=O) groups excluding carboxylic acids is 1. The number of hydrogen-bond donors (Lipinski definition) is 1. The van der Waals surface area contributed by atoms with Gasteiger partial charge in [0, 0.05) is 12.0 Å². The van der Waals surface area contributed by atoms with Crippen LogP contribution in [0.15, 0.2) is 11.6 Å². The zero-order valence-corrected chi connectivity index (χ0v) is 12.1. The van der Waals surface area contributed by atoms with Crippen molar-refractivity contribution in [3.63, 3.8) is 0 Å². The summed E-state index contributed by atoms with van der Waals surface area (Å²) in [5, 5.41) is 9.71. The van der Waals surface area contributed by atoms with E-state index in [1.165, 1.54) is 25.7 Å². The van der Waals surface area contributed by atoms with Crippen LogP contribution in [-0.2, 0) is 9.53 Å². The van der Waals surface area contributed by atoms with E-state index >= 15 is 0 Å². The first-order chi connectivity index (χ1) is 8.61. The molecule has 106 valence electrons. The molecule has 0 heterocycles. The molecule has 0 saturated heterocycles. The summed E-state index contributed by atoms with van der Waals surface area (Å²) in [6.45, 7) is 6.03. The minimum absolute atomic E-state index is 0.285. The average molecular weight is 256 g/mol. The lowest BCUT2D eigenvalue weighted by molar-refractivity contribution is -0.139. The van der Waals surface area contributed by atoms with Gasteiger partial charge in [-0.15, -0.1) is 0 Å². The Labute approximate surface area is 111 Å².